The van der Waals surface area contributed by atoms with Gasteiger partial charge in [0.05, 0.1) is 11.3 Å². The number of nitrogens with one attached hydrogen (secondary N) is 1. The Morgan fingerprint density at radius 1 is 1.33 bits per heavy atom. The quantitative estimate of drug-likeness (QED) is 0.934. The highest BCUT2D eigenvalue weighted by molar-refractivity contribution is 5.61. The van der Waals surface area contributed by atoms with Crippen molar-refractivity contribution in [2.24, 2.45) is 0 Å². The molecule has 2 aromatic rings. The summed E-state index contributed by atoms with van der Waals surface area (Å²) in [5.74, 6) is 0.661. The smallest absolute Gasteiger partial charge is 0.222 e. The Bertz CT molecular complexity index is 662. The third-order valence-electron chi connectivity index (χ3n) is 3.70. The van der Waals surface area contributed by atoms with Crippen LogP contribution in [0.5, 0.6) is 0 Å². The van der Waals surface area contributed by atoms with Crippen LogP contribution in [0, 0.1) is 18.3 Å². The molecule has 0 aliphatic carbocycles. The number of benzene rings is 1. The fourth-order valence-electron chi connectivity index (χ4n) is 2.65. The summed E-state index contributed by atoms with van der Waals surface area (Å²) in [6.07, 6.45) is 4.48. The van der Waals surface area contributed by atoms with E-state index in [1.807, 2.05) is 19.1 Å². The van der Waals surface area contributed by atoms with E-state index in [1.54, 1.807) is 18.5 Å². The summed E-state index contributed by atoms with van der Waals surface area (Å²) < 4.78 is 0. The number of rotatable bonds is 3. The van der Waals surface area contributed by atoms with Gasteiger partial charge in [-0.15, -0.1) is 0 Å². The van der Waals surface area contributed by atoms with E-state index in [0.717, 1.165) is 30.8 Å². The SMILES string of the molecule is Cc1ccc(C#N)c(N2CCC(Nc3ncccn3)C2)c1. The lowest BCUT2D eigenvalue weighted by Gasteiger charge is -2.20. The maximum absolute atomic E-state index is 9.26. The van der Waals surface area contributed by atoms with Crippen LogP contribution in [-0.2, 0) is 0 Å². The highest BCUT2D eigenvalue weighted by atomic mass is 15.2. The van der Waals surface area contributed by atoms with Crippen LogP contribution in [0.25, 0.3) is 0 Å². The van der Waals surface area contributed by atoms with E-state index in [9.17, 15) is 5.26 Å². The fraction of sp³-hybridized carbons (Fsp3) is 0.312. The molecular formula is C16H17N5. The van der Waals surface area contributed by atoms with Gasteiger partial charge in [-0.25, -0.2) is 9.97 Å². The summed E-state index contributed by atoms with van der Waals surface area (Å²) in [5, 5.41) is 12.6. The average Bonchev–Trinajstić information content (AvgIpc) is 2.96. The molecule has 0 spiro atoms. The predicted octanol–water partition coefficient (Wildman–Crippen LogP) is 2.35. The highest BCUT2D eigenvalue weighted by Crippen LogP contribution is 2.26. The number of nitriles is 1. The van der Waals surface area contributed by atoms with E-state index in [0.29, 0.717) is 12.0 Å². The zero-order chi connectivity index (χ0) is 14.7. The molecule has 0 bridgehead atoms. The lowest BCUT2D eigenvalue weighted by molar-refractivity contribution is 0.792. The molecule has 1 aromatic heterocycles. The number of anilines is 2. The lowest BCUT2D eigenvalue weighted by atomic mass is 10.1. The minimum atomic E-state index is 0.305. The summed E-state index contributed by atoms with van der Waals surface area (Å²) in [4.78, 5) is 10.6. The van der Waals surface area contributed by atoms with E-state index >= 15 is 0 Å². The molecule has 5 nitrogen and oxygen atoms in total. The van der Waals surface area contributed by atoms with Crippen molar-refractivity contribution in [3.63, 3.8) is 0 Å². The maximum atomic E-state index is 9.26. The van der Waals surface area contributed by atoms with Gasteiger partial charge in [-0.3, -0.25) is 0 Å². The molecule has 1 aliphatic heterocycles. The van der Waals surface area contributed by atoms with Crippen LogP contribution in [0.1, 0.15) is 17.5 Å². The number of aromatic nitrogens is 2. The minimum absolute atomic E-state index is 0.305. The van der Waals surface area contributed by atoms with Crippen LogP contribution in [0.3, 0.4) is 0 Å². The highest BCUT2D eigenvalue weighted by Gasteiger charge is 2.24. The first-order valence-electron chi connectivity index (χ1n) is 7.05. The topological polar surface area (TPSA) is 64.8 Å². The van der Waals surface area contributed by atoms with Crippen LogP contribution in [-0.4, -0.2) is 29.1 Å². The summed E-state index contributed by atoms with van der Waals surface area (Å²) in [6, 6.07) is 10.3. The number of nitrogens with zero attached hydrogens (tertiary/aromatic N) is 4. The second-order valence-corrected chi connectivity index (χ2v) is 5.28. The van der Waals surface area contributed by atoms with Gasteiger partial charge >= 0.3 is 0 Å². The minimum Gasteiger partial charge on any atom is -0.368 e. The van der Waals surface area contributed by atoms with Gasteiger partial charge in [0.2, 0.25) is 5.95 Å². The first-order chi connectivity index (χ1) is 10.3. The molecule has 0 amide bonds. The Morgan fingerprint density at radius 3 is 2.90 bits per heavy atom. The molecule has 0 radical (unpaired) electrons. The lowest BCUT2D eigenvalue weighted by Crippen LogP contribution is -2.27. The van der Waals surface area contributed by atoms with Gasteiger partial charge in [0, 0.05) is 31.5 Å². The number of aryl methyl sites for hydroxylation is 1. The Kier molecular flexibility index (Phi) is 3.69. The van der Waals surface area contributed by atoms with Crippen molar-refractivity contribution in [3.05, 3.63) is 47.8 Å². The summed E-state index contributed by atoms with van der Waals surface area (Å²) >= 11 is 0. The van der Waals surface area contributed by atoms with Crippen molar-refractivity contribution in [1.82, 2.24) is 9.97 Å². The van der Waals surface area contributed by atoms with Crippen LogP contribution >= 0.6 is 0 Å². The number of hydrogen-bond donors (Lipinski definition) is 1. The molecule has 0 saturated carbocycles. The largest absolute Gasteiger partial charge is 0.368 e. The zero-order valence-corrected chi connectivity index (χ0v) is 12.0. The molecule has 106 valence electrons. The van der Waals surface area contributed by atoms with Crippen molar-refractivity contribution in [2.45, 2.75) is 19.4 Å². The molecule has 1 aromatic carbocycles. The predicted molar refractivity (Wildman–Crippen MR) is 82.2 cm³/mol. The molecular weight excluding hydrogens is 262 g/mol. The van der Waals surface area contributed by atoms with Crippen molar-refractivity contribution in [3.8, 4) is 6.07 Å². The van der Waals surface area contributed by atoms with Gasteiger partial charge in [-0.1, -0.05) is 6.07 Å². The third-order valence-corrected chi connectivity index (χ3v) is 3.70. The average molecular weight is 279 g/mol. The second-order valence-electron chi connectivity index (χ2n) is 5.28. The summed E-state index contributed by atoms with van der Waals surface area (Å²) in [6.45, 7) is 3.84. The van der Waals surface area contributed by atoms with Crippen LogP contribution < -0.4 is 10.2 Å². The molecule has 1 unspecified atom stereocenters. The van der Waals surface area contributed by atoms with Crippen LogP contribution in [0.2, 0.25) is 0 Å². The van der Waals surface area contributed by atoms with E-state index in [1.165, 1.54) is 5.56 Å². The van der Waals surface area contributed by atoms with Crippen LogP contribution in [0.15, 0.2) is 36.7 Å². The molecule has 1 saturated heterocycles. The Balaban J connectivity index is 1.73. The zero-order valence-electron chi connectivity index (χ0n) is 12.0. The van der Waals surface area contributed by atoms with E-state index in [-0.39, 0.29) is 0 Å². The first kappa shape index (κ1) is 13.4. The molecule has 1 fully saturated rings. The van der Waals surface area contributed by atoms with Crippen molar-refractivity contribution < 1.29 is 0 Å². The Labute approximate surface area is 124 Å². The van der Waals surface area contributed by atoms with Crippen LogP contribution in [0.4, 0.5) is 11.6 Å². The van der Waals surface area contributed by atoms with Crippen molar-refractivity contribution >= 4 is 11.6 Å². The van der Waals surface area contributed by atoms with Gasteiger partial charge in [-0.2, -0.15) is 5.26 Å². The summed E-state index contributed by atoms with van der Waals surface area (Å²) in [5.41, 5.74) is 2.93. The number of hydrogen-bond acceptors (Lipinski definition) is 5. The Hall–Kier alpha value is -2.61. The van der Waals surface area contributed by atoms with E-state index in [4.69, 9.17) is 0 Å². The van der Waals surface area contributed by atoms with Gasteiger partial charge in [0.1, 0.15) is 6.07 Å². The van der Waals surface area contributed by atoms with Crippen molar-refractivity contribution in [1.29, 1.82) is 5.26 Å². The molecule has 5 heteroatoms. The second kappa shape index (κ2) is 5.80. The monoisotopic (exact) mass is 279 g/mol. The van der Waals surface area contributed by atoms with Gasteiger partial charge in [0.25, 0.3) is 0 Å². The molecule has 1 N–H and O–H groups in total. The molecule has 2 heterocycles. The fourth-order valence-corrected chi connectivity index (χ4v) is 2.65. The molecule has 1 aliphatic rings. The van der Waals surface area contributed by atoms with E-state index in [2.05, 4.69) is 32.3 Å². The molecule has 1 atom stereocenters. The third kappa shape index (κ3) is 2.95. The molecule has 21 heavy (non-hydrogen) atoms. The normalized spacial score (nSPS) is 17.5. The van der Waals surface area contributed by atoms with Crippen molar-refractivity contribution in [2.75, 3.05) is 23.3 Å². The maximum Gasteiger partial charge on any atom is 0.222 e. The van der Waals surface area contributed by atoms with Gasteiger partial charge in [0.15, 0.2) is 0 Å². The summed E-state index contributed by atoms with van der Waals surface area (Å²) in [7, 11) is 0. The standard InChI is InChI=1S/C16H17N5/c1-12-3-4-13(10-17)15(9-12)21-8-5-14(11-21)20-16-18-6-2-7-19-16/h2-4,6-7,9,14H,5,8,11H2,1H3,(H,18,19,20). The van der Waals surface area contributed by atoms with Gasteiger partial charge < -0.3 is 10.2 Å². The first-order valence-corrected chi connectivity index (χ1v) is 7.05. The molecule has 3 rings (SSSR count). The van der Waals surface area contributed by atoms with E-state index < -0.39 is 0 Å². The van der Waals surface area contributed by atoms with Gasteiger partial charge in [-0.05, 0) is 37.1 Å². The Morgan fingerprint density at radius 2 is 2.14 bits per heavy atom.